The Kier molecular flexibility index (Phi) is 12.2. The van der Waals surface area contributed by atoms with Crippen LogP contribution in [0.4, 0.5) is 0 Å². The molecule has 0 saturated carbocycles. The first-order valence-corrected chi connectivity index (χ1v) is 17.2. The number of benzene rings is 3. The molecule has 0 aliphatic carbocycles. The Hall–Kier alpha value is -4.20. The van der Waals surface area contributed by atoms with Gasteiger partial charge in [-0.15, -0.1) is 0 Å². The molecular weight excluding hydrogens is 576 g/mol. The first-order valence-electron chi connectivity index (χ1n) is 17.2. The highest BCUT2D eigenvalue weighted by Gasteiger charge is 2.34. The van der Waals surface area contributed by atoms with Crippen molar-refractivity contribution in [1.82, 2.24) is 20.9 Å². The summed E-state index contributed by atoms with van der Waals surface area (Å²) in [5.74, 6) is -1.16. The topological polar surface area (TPSA) is 108 Å². The van der Waals surface area contributed by atoms with Gasteiger partial charge in [-0.3, -0.25) is 19.2 Å². The van der Waals surface area contributed by atoms with Gasteiger partial charge in [-0.2, -0.15) is 0 Å². The Balaban J connectivity index is 1.30. The molecule has 0 radical (unpaired) electrons. The minimum atomic E-state index is -1.06. The first kappa shape index (κ1) is 33.2. The minimum absolute atomic E-state index is 0.0498. The number of carbonyl (C=O) groups is 4. The predicted octanol–water partition coefficient (Wildman–Crippen LogP) is 6.09. The predicted molar refractivity (Wildman–Crippen MR) is 181 cm³/mol. The number of amides is 4. The van der Waals surface area contributed by atoms with Crippen LogP contribution in [-0.2, 0) is 25.7 Å². The summed E-state index contributed by atoms with van der Waals surface area (Å²) in [5, 5.41) is 11.0. The molecule has 5 rings (SSSR count). The van der Waals surface area contributed by atoms with Crippen molar-refractivity contribution >= 4 is 34.4 Å². The zero-order valence-corrected chi connectivity index (χ0v) is 26.8. The van der Waals surface area contributed by atoms with Crippen molar-refractivity contribution in [3.05, 3.63) is 83.9 Å². The molecule has 2 saturated heterocycles. The van der Waals surface area contributed by atoms with Gasteiger partial charge in [0.15, 0.2) is 0 Å². The van der Waals surface area contributed by atoms with Crippen LogP contribution >= 0.6 is 0 Å². The molecule has 0 bridgehead atoms. The Bertz CT molecular complexity index is 1470. The van der Waals surface area contributed by atoms with E-state index in [4.69, 9.17) is 0 Å². The van der Waals surface area contributed by atoms with E-state index in [0.29, 0.717) is 25.9 Å². The van der Waals surface area contributed by atoms with Crippen molar-refractivity contribution in [2.24, 2.45) is 0 Å². The Labute approximate surface area is 272 Å². The monoisotopic (exact) mass is 624 g/mol. The van der Waals surface area contributed by atoms with Crippen molar-refractivity contribution < 1.29 is 19.2 Å². The van der Waals surface area contributed by atoms with Crippen molar-refractivity contribution in [1.29, 1.82) is 0 Å². The molecule has 3 N–H and O–H groups in total. The second-order valence-electron chi connectivity index (χ2n) is 12.8. The number of nitrogens with zero attached hydrogens (tertiary/aromatic N) is 1. The molecule has 0 spiro atoms. The molecule has 3 aromatic carbocycles. The van der Waals surface area contributed by atoms with Gasteiger partial charge in [0.25, 0.3) is 0 Å². The lowest BCUT2D eigenvalue weighted by Crippen LogP contribution is -2.54. The summed E-state index contributed by atoms with van der Waals surface area (Å²) in [6, 6.07) is 22.1. The molecule has 8 nitrogen and oxygen atoms in total. The van der Waals surface area contributed by atoms with Crippen molar-refractivity contribution in [3.8, 4) is 0 Å². The fraction of sp³-hybridized carbons (Fsp3) is 0.474. The molecule has 8 heteroatoms. The third-order valence-corrected chi connectivity index (χ3v) is 9.40. The third-order valence-electron chi connectivity index (χ3n) is 9.40. The number of likely N-dealkylation sites (tertiary alicyclic amines) is 1. The van der Waals surface area contributed by atoms with E-state index in [1.54, 1.807) is 0 Å². The number of nitrogens with one attached hydrogen (secondary N) is 3. The highest BCUT2D eigenvalue weighted by Crippen LogP contribution is 2.32. The Morgan fingerprint density at radius 3 is 2.24 bits per heavy atom. The molecule has 4 amide bonds. The average molecular weight is 625 g/mol. The van der Waals surface area contributed by atoms with Gasteiger partial charge in [-0.05, 0) is 47.6 Å². The quantitative estimate of drug-likeness (QED) is 0.308. The van der Waals surface area contributed by atoms with Crippen LogP contribution < -0.4 is 16.0 Å². The van der Waals surface area contributed by atoms with E-state index in [1.165, 1.54) is 0 Å². The number of carbonyl (C=O) groups excluding carboxylic acids is 4. The van der Waals surface area contributed by atoms with E-state index in [2.05, 4.69) is 16.0 Å². The van der Waals surface area contributed by atoms with E-state index in [9.17, 15) is 19.2 Å². The van der Waals surface area contributed by atoms with Gasteiger partial charge >= 0.3 is 0 Å². The lowest BCUT2D eigenvalue weighted by atomic mass is 10.0. The Morgan fingerprint density at radius 2 is 1.43 bits per heavy atom. The lowest BCUT2D eigenvalue weighted by Gasteiger charge is -2.28. The summed E-state index contributed by atoms with van der Waals surface area (Å²) < 4.78 is 0. The summed E-state index contributed by atoms with van der Waals surface area (Å²) in [6.07, 6.45) is 10.3. The van der Waals surface area contributed by atoms with E-state index < -0.39 is 18.0 Å². The zero-order valence-electron chi connectivity index (χ0n) is 26.8. The summed E-state index contributed by atoms with van der Waals surface area (Å²) in [5.41, 5.74) is 2.07. The highest BCUT2D eigenvalue weighted by atomic mass is 16.2. The summed E-state index contributed by atoms with van der Waals surface area (Å²) in [7, 11) is 0. The molecule has 2 heterocycles. The van der Waals surface area contributed by atoms with Crippen LogP contribution in [0.25, 0.3) is 10.8 Å². The number of hydrogen-bond donors (Lipinski definition) is 3. The Morgan fingerprint density at radius 1 is 0.739 bits per heavy atom. The van der Waals surface area contributed by atoms with Crippen molar-refractivity contribution in [3.63, 3.8) is 0 Å². The van der Waals surface area contributed by atoms with Crippen LogP contribution in [0.3, 0.4) is 0 Å². The summed E-state index contributed by atoms with van der Waals surface area (Å²) in [4.78, 5) is 56.0. The first-order chi connectivity index (χ1) is 22.5. The smallest absolute Gasteiger partial charge is 0.243 e. The molecular formula is C38H48N4O4. The number of hydrogen-bond acceptors (Lipinski definition) is 4. The standard InChI is InChI=1S/C38H48N4O4/c43-35-24-11-6-4-2-1-3-5-10-22-32(37(45)39-27-30-20-14-19-28-16-12-13-21-31(28)30)41-38(46)33(40-35)26-36(44)42-25-15-23-34(42)29-17-8-7-9-18-29/h7-9,12-14,16-21,32-34H,1-6,10-11,15,22-27H2,(H,39,45)(H,40,43)(H,41,46)/t32-,33-,34+/m0/s1. The van der Waals surface area contributed by atoms with Gasteiger partial charge in [0.05, 0.1) is 12.5 Å². The van der Waals surface area contributed by atoms with Gasteiger partial charge in [0, 0.05) is 19.5 Å². The normalized spacial score (nSPS) is 22.2. The van der Waals surface area contributed by atoms with E-state index >= 15 is 0 Å². The van der Waals surface area contributed by atoms with Crippen molar-refractivity contribution in [2.75, 3.05) is 6.54 Å². The SMILES string of the molecule is O=C1CCCCCCCCCC[C@@H](C(=O)NCc2cccc3ccccc23)NC(=O)[C@H](CC(=O)N2CCC[C@@H]2c2ccccc2)N1. The van der Waals surface area contributed by atoms with E-state index in [0.717, 1.165) is 86.1 Å². The molecule has 2 aliphatic heterocycles. The van der Waals surface area contributed by atoms with Crippen molar-refractivity contribution in [2.45, 2.75) is 108 Å². The van der Waals surface area contributed by atoms with Gasteiger partial charge in [0.2, 0.25) is 23.6 Å². The average Bonchev–Trinajstić information content (AvgIpc) is 3.57. The van der Waals surface area contributed by atoms with Gasteiger partial charge in [0.1, 0.15) is 12.1 Å². The fourth-order valence-corrected chi connectivity index (χ4v) is 6.84. The van der Waals surface area contributed by atoms with Gasteiger partial charge in [-0.25, -0.2) is 0 Å². The summed E-state index contributed by atoms with van der Waals surface area (Å²) in [6.45, 7) is 0.945. The maximum Gasteiger partial charge on any atom is 0.243 e. The van der Waals surface area contributed by atoms with Crippen LogP contribution in [-0.4, -0.2) is 47.2 Å². The van der Waals surface area contributed by atoms with Gasteiger partial charge in [-0.1, -0.05) is 118 Å². The van der Waals surface area contributed by atoms with Crippen LogP contribution in [0.2, 0.25) is 0 Å². The second-order valence-corrected chi connectivity index (χ2v) is 12.8. The minimum Gasteiger partial charge on any atom is -0.350 e. The highest BCUT2D eigenvalue weighted by molar-refractivity contribution is 5.95. The molecule has 3 atom stereocenters. The molecule has 3 aromatic rings. The van der Waals surface area contributed by atoms with Crippen LogP contribution in [0.15, 0.2) is 72.8 Å². The molecule has 2 fully saturated rings. The zero-order chi connectivity index (χ0) is 32.1. The van der Waals surface area contributed by atoms with Gasteiger partial charge < -0.3 is 20.9 Å². The molecule has 46 heavy (non-hydrogen) atoms. The molecule has 244 valence electrons. The summed E-state index contributed by atoms with van der Waals surface area (Å²) >= 11 is 0. The largest absolute Gasteiger partial charge is 0.350 e. The van der Waals surface area contributed by atoms with E-state index in [1.807, 2.05) is 77.7 Å². The lowest BCUT2D eigenvalue weighted by molar-refractivity contribution is -0.137. The fourth-order valence-electron chi connectivity index (χ4n) is 6.84. The maximum absolute atomic E-state index is 13.8. The number of fused-ring (bicyclic) bond motifs is 1. The van der Waals surface area contributed by atoms with Crippen LogP contribution in [0.5, 0.6) is 0 Å². The molecule has 0 aromatic heterocycles. The van der Waals surface area contributed by atoms with Crippen LogP contribution in [0, 0.1) is 0 Å². The van der Waals surface area contributed by atoms with Crippen LogP contribution in [0.1, 0.15) is 101 Å². The van der Waals surface area contributed by atoms with E-state index in [-0.39, 0.29) is 30.2 Å². The second kappa shape index (κ2) is 16.9. The number of rotatable bonds is 6. The molecule has 2 aliphatic rings. The molecule has 0 unspecified atom stereocenters. The third kappa shape index (κ3) is 9.18. The maximum atomic E-state index is 13.8.